The third-order valence-corrected chi connectivity index (χ3v) is 4.05. The normalized spacial score (nSPS) is 12.4. The molecule has 1 atom stereocenters. The summed E-state index contributed by atoms with van der Waals surface area (Å²) in [5.74, 6) is 5.75. The minimum absolute atomic E-state index is 0.134. The van der Waals surface area contributed by atoms with Crippen LogP contribution in [-0.4, -0.2) is 0 Å². The lowest BCUT2D eigenvalue weighted by Gasteiger charge is -2.20. The Morgan fingerprint density at radius 2 is 1.89 bits per heavy atom. The van der Waals surface area contributed by atoms with Crippen LogP contribution in [0.2, 0.25) is 0 Å². The lowest BCUT2D eigenvalue weighted by molar-refractivity contribution is 0.549. The van der Waals surface area contributed by atoms with Crippen molar-refractivity contribution in [1.29, 1.82) is 0 Å². The van der Waals surface area contributed by atoms with Crippen molar-refractivity contribution in [3.8, 4) is 0 Å². The Kier molecular flexibility index (Phi) is 4.75. The second-order valence-electron chi connectivity index (χ2n) is 4.84. The Morgan fingerprint density at radius 1 is 1.16 bits per heavy atom. The van der Waals surface area contributed by atoms with Gasteiger partial charge in [0.25, 0.3) is 0 Å². The highest BCUT2D eigenvalue weighted by Gasteiger charge is 2.13. The molecule has 0 aliphatic rings. The predicted octanol–water partition coefficient (Wildman–Crippen LogP) is 3.81. The molecule has 0 aliphatic heterocycles. The molecule has 0 heterocycles. The number of nitrogens with two attached hydrogens (primary N) is 1. The highest BCUT2D eigenvalue weighted by molar-refractivity contribution is 9.10. The third kappa shape index (κ3) is 3.44. The van der Waals surface area contributed by atoms with Crippen LogP contribution in [0.5, 0.6) is 0 Å². The van der Waals surface area contributed by atoms with Crippen molar-refractivity contribution in [2.24, 2.45) is 5.84 Å². The molecule has 3 heteroatoms. The molecule has 0 bridgehead atoms. The molecule has 0 saturated heterocycles. The van der Waals surface area contributed by atoms with Crippen LogP contribution in [0.3, 0.4) is 0 Å². The molecule has 0 saturated carbocycles. The zero-order valence-corrected chi connectivity index (χ0v) is 12.9. The van der Waals surface area contributed by atoms with Crippen LogP contribution in [0.4, 0.5) is 0 Å². The number of nitrogens with one attached hydrogen (secondary N) is 1. The number of rotatable bonds is 4. The molecule has 2 aromatic rings. The lowest BCUT2D eigenvalue weighted by atomic mass is 9.93. The molecule has 0 radical (unpaired) electrons. The highest BCUT2D eigenvalue weighted by atomic mass is 79.9. The maximum absolute atomic E-state index is 5.75. The second kappa shape index (κ2) is 6.33. The average Bonchev–Trinajstić information content (AvgIpc) is 2.40. The SMILES string of the molecule is Cc1cccc(C(Cc2cccc(Br)c2)NN)c1C. The maximum Gasteiger partial charge on any atom is 0.0503 e. The van der Waals surface area contributed by atoms with Crippen molar-refractivity contribution in [2.75, 3.05) is 0 Å². The first-order valence-corrected chi connectivity index (χ1v) is 7.18. The zero-order valence-electron chi connectivity index (χ0n) is 11.3. The van der Waals surface area contributed by atoms with Gasteiger partial charge >= 0.3 is 0 Å². The summed E-state index contributed by atoms with van der Waals surface area (Å²) in [6.07, 6.45) is 0.875. The summed E-state index contributed by atoms with van der Waals surface area (Å²) in [5, 5.41) is 0. The van der Waals surface area contributed by atoms with E-state index in [0.29, 0.717) is 0 Å². The molecule has 0 amide bonds. The standard InChI is InChI=1S/C16H19BrN2/c1-11-5-3-8-15(12(11)2)16(19-18)10-13-6-4-7-14(17)9-13/h3-9,16,19H,10,18H2,1-2H3. The van der Waals surface area contributed by atoms with Gasteiger partial charge in [0.05, 0.1) is 6.04 Å². The van der Waals surface area contributed by atoms with Crippen LogP contribution < -0.4 is 11.3 Å². The fraction of sp³-hybridized carbons (Fsp3) is 0.250. The third-order valence-electron chi connectivity index (χ3n) is 3.55. The van der Waals surface area contributed by atoms with Gasteiger partial charge in [0.15, 0.2) is 0 Å². The Labute approximate surface area is 123 Å². The van der Waals surface area contributed by atoms with E-state index in [1.165, 1.54) is 22.3 Å². The van der Waals surface area contributed by atoms with Crippen molar-refractivity contribution in [2.45, 2.75) is 26.3 Å². The van der Waals surface area contributed by atoms with E-state index in [0.717, 1.165) is 10.9 Å². The highest BCUT2D eigenvalue weighted by Crippen LogP contribution is 2.24. The molecule has 1 unspecified atom stereocenters. The number of hydrogen-bond acceptors (Lipinski definition) is 2. The van der Waals surface area contributed by atoms with E-state index in [2.05, 4.69) is 71.6 Å². The topological polar surface area (TPSA) is 38.0 Å². The summed E-state index contributed by atoms with van der Waals surface area (Å²) in [7, 11) is 0. The van der Waals surface area contributed by atoms with E-state index in [-0.39, 0.29) is 6.04 Å². The Hall–Kier alpha value is -1.16. The fourth-order valence-corrected chi connectivity index (χ4v) is 2.76. The van der Waals surface area contributed by atoms with Crippen molar-refractivity contribution >= 4 is 15.9 Å². The average molecular weight is 319 g/mol. The lowest BCUT2D eigenvalue weighted by Crippen LogP contribution is -2.30. The van der Waals surface area contributed by atoms with Crippen LogP contribution in [0.1, 0.15) is 28.3 Å². The molecular formula is C16H19BrN2. The first-order chi connectivity index (χ1) is 9.11. The predicted molar refractivity (Wildman–Crippen MR) is 83.8 cm³/mol. The van der Waals surface area contributed by atoms with Gasteiger partial charge < -0.3 is 0 Å². The van der Waals surface area contributed by atoms with E-state index >= 15 is 0 Å². The first-order valence-electron chi connectivity index (χ1n) is 6.38. The molecule has 0 aliphatic carbocycles. The molecular weight excluding hydrogens is 300 g/mol. The van der Waals surface area contributed by atoms with Crippen LogP contribution in [0, 0.1) is 13.8 Å². The molecule has 0 spiro atoms. The summed E-state index contributed by atoms with van der Waals surface area (Å²) in [6, 6.07) is 14.8. The fourth-order valence-electron chi connectivity index (χ4n) is 2.31. The first kappa shape index (κ1) is 14.3. The molecule has 2 nitrogen and oxygen atoms in total. The molecule has 0 aromatic heterocycles. The van der Waals surface area contributed by atoms with E-state index in [9.17, 15) is 0 Å². The zero-order chi connectivity index (χ0) is 13.8. The summed E-state index contributed by atoms with van der Waals surface area (Å²) in [6.45, 7) is 4.28. The van der Waals surface area contributed by atoms with E-state index in [1.54, 1.807) is 0 Å². The van der Waals surface area contributed by atoms with Gasteiger partial charge in [-0.15, -0.1) is 0 Å². The molecule has 3 N–H and O–H groups in total. The van der Waals surface area contributed by atoms with Gasteiger partial charge in [-0.2, -0.15) is 0 Å². The number of hydrogen-bond donors (Lipinski definition) is 2. The summed E-state index contributed by atoms with van der Waals surface area (Å²) in [4.78, 5) is 0. The van der Waals surface area contributed by atoms with E-state index in [1.807, 2.05) is 6.07 Å². The summed E-state index contributed by atoms with van der Waals surface area (Å²) in [5.41, 5.74) is 8.07. The Morgan fingerprint density at radius 3 is 2.58 bits per heavy atom. The van der Waals surface area contributed by atoms with Crippen molar-refractivity contribution in [1.82, 2.24) is 5.43 Å². The van der Waals surface area contributed by atoms with Gasteiger partial charge in [0.2, 0.25) is 0 Å². The van der Waals surface area contributed by atoms with Crippen molar-refractivity contribution in [3.63, 3.8) is 0 Å². The minimum atomic E-state index is 0.134. The largest absolute Gasteiger partial charge is 0.271 e. The van der Waals surface area contributed by atoms with Crippen LogP contribution in [-0.2, 0) is 6.42 Å². The van der Waals surface area contributed by atoms with Gasteiger partial charge in [-0.1, -0.05) is 46.3 Å². The molecule has 2 aromatic carbocycles. The van der Waals surface area contributed by atoms with Gasteiger partial charge in [0.1, 0.15) is 0 Å². The van der Waals surface area contributed by atoms with Crippen molar-refractivity contribution in [3.05, 3.63) is 69.2 Å². The van der Waals surface area contributed by atoms with Gasteiger partial charge in [0, 0.05) is 4.47 Å². The number of halogens is 1. The van der Waals surface area contributed by atoms with Gasteiger partial charge in [-0.05, 0) is 54.7 Å². The Bertz CT molecular complexity index is 566. The minimum Gasteiger partial charge on any atom is -0.271 e. The number of hydrazine groups is 1. The van der Waals surface area contributed by atoms with Gasteiger partial charge in [-0.25, -0.2) is 0 Å². The van der Waals surface area contributed by atoms with Gasteiger partial charge in [-0.3, -0.25) is 11.3 Å². The van der Waals surface area contributed by atoms with Crippen LogP contribution in [0.25, 0.3) is 0 Å². The maximum atomic E-state index is 5.75. The van der Waals surface area contributed by atoms with Crippen molar-refractivity contribution < 1.29 is 0 Å². The smallest absolute Gasteiger partial charge is 0.0503 e. The number of benzene rings is 2. The molecule has 2 rings (SSSR count). The summed E-state index contributed by atoms with van der Waals surface area (Å²) >= 11 is 3.50. The number of aryl methyl sites for hydroxylation is 1. The summed E-state index contributed by atoms with van der Waals surface area (Å²) < 4.78 is 1.10. The van der Waals surface area contributed by atoms with Crippen LogP contribution in [0.15, 0.2) is 46.9 Å². The van der Waals surface area contributed by atoms with E-state index in [4.69, 9.17) is 5.84 Å². The monoisotopic (exact) mass is 318 g/mol. The molecule has 0 fully saturated rings. The van der Waals surface area contributed by atoms with E-state index < -0.39 is 0 Å². The van der Waals surface area contributed by atoms with Crippen LogP contribution >= 0.6 is 15.9 Å². The second-order valence-corrected chi connectivity index (χ2v) is 5.76. The molecule has 100 valence electrons. The Balaban J connectivity index is 2.28. The molecule has 19 heavy (non-hydrogen) atoms. The quantitative estimate of drug-likeness (QED) is 0.664.